The number of carboxylic acid groups (broad SMARTS) is 1. The number of carbonyl (C=O) groups is 1. The number of fused-ring (bicyclic) bond motifs is 1. The molecule has 0 fully saturated rings. The van der Waals surface area contributed by atoms with Gasteiger partial charge in [-0.2, -0.15) is 0 Å². The molecule has 90 valence electrons. The molecule has 0 saturated heterocycles. The predicted molar refractivity (Wildman–Crippen MR) is 60.7 cm³/mol. The zero-order valence-electron chi connectivity index (χ0n) is 8.80. The lowest BCUT2D eigenvalue weighted by Gasteiger charge is -1.96. The van der Waals surface area contributed by atoms with Gasteiger partial charge < -0.3 is 15.3 Å². The van der Waals surface area contributed by atoms with Crippen LogP contribution in [0.3, 0.4) is 0 Å². The van der Waals surface area contributed by atoms with Gasteiger partial charge in [0.2, 0.25) is 5.76 Å². The standard InChI is InChI=1S/C10H9NO5S/c1-17(14,15)9-6-3-2-5(11)4-7(6)16-8(9)10(12)13/h2-4H,11H2,1H3,(H,12,13). The first-order valence-corrected chi connectivity index (χ1v) is 6.45. The topological polar surface area (TPSA) is 111 Å². The van der Waals surface area contributed by atoms with E-state index in [0.29, 0.717) is 5.69 Å². The summed E-state index contributed by atoms with van der Waals surface area (Å²) in [6.07, 6.45) is 0.931. The van der Waals surface area contributed by atoms with Gasteiger partial charge >= 0.3 is 5.97 Å². The molecule has 0 aliphatic carbocycles. The third-order valence-corrected chi connectivity index (χ3v) is 3.38. The molecule has 0 saturated carbocycles. The van der Waals surface area contributed by atoms with Crippen LogP contribution in [-0.4, -0.2) is 25.7 Å². The maximum atomic E-state index is 11.6. The molecule has 7 heteroatoms. The van der Waals surface area contributed by atoms with Crippen LogP contribution >= 0.6 is 0 Å². The number of hydrogen-bond acceptors (Lipinski definition) is 5. The van der Waals surface area contributed by atoms with E-state index in [2.05, 4.69) is 0 Å². The number of anilines is 1. The number of nitrogens with two attached hydrogens (primary N) is 1. The molecule has 0 aliphatic heterocycles. The smallest absolute Gasteiger partial charge is 0.373 e. The van der Waals surface area contributed by atoms with Crippen molar-refractivity contribution in [2.75, 3.05) is 12.0 Å². The second-order valence-corrected chi connectivity index (χ2v) is 5.55. The van der Waals surface area contributed by atoms with E-state index in [0.717, 1.165) is 6.26 Å². The van der Waals surface area contributed by atoms with E-state index in [1.807, 2.05) is 0 Å². The van der Waals surface area contributed by atoms with Crippen molar-refractivity contribution in [3.8, 4) is 0 Å². The third-order valence-electron chi connectivity index (χ3n) is 2.23. The lowest BCUT2D eigenvalue weighted by molar-refractivity contribution is 0.0659. The minimum atomic E-state index is -3.69. The molecule has 2 rings (SSSR count). The quantitative estimate of drug-likeness (QED) is 0.778. The molecule has 0 atom stereocenters. The number of rotatable bonds is 2. The molecule has 1 heterocycles. The summed E-state index contributed by atoms with van der Waals surface area (Å²) in [5.74, 6) is -2.02. The minimum absolute atomic E-state index is 0.142. The highest BCUT2D eigenvalue weighted by molar-refractivity contribution is 7.91. The number of furan rings is 1. The highest BCUT2D eigenvalue weighted by atomic mass is 32.2. The molecular formula is C10H9NO5S. The number of hydrogen-bond donors (Lipinski definition) is 2. The number of carboxylic acids is 1. The van der Waals surface area contributed by atoms with Crippen LogP contribution in [0, 0.1) is 0 Å². The van der Waals surface area contributed by atoms with Crippen LogP contribution in [0.2, 0.25) is 0 Å². The molecule has 0 unspecified atom stereocenters. The van der Waals surface area contributed by atoms with Crippen LogP contribution < -0.4 is 5.73 Å². The van der Waals surface area contributed by atoms with Crippen molar-refractivity contribution < 1.29 is 22.7 Å². The summed E-state index contributed by atoms with van der Waals surface area (Å²) in [7, 11) is -3.69. The van der Waals surface area contributed by atoms with Crippen LogP contribution in [-0.2, 0) is 9.84 Å². The van der Waals surface area contributed by atoms with Gasteiger partial charge in [-0.15, -0.1) is 0 Å². The summed E-state index contributed by atoms with van der Waals surface area (Å²) in [4.78, 5) is 10.6. The molecule has 0 radical (unpaired) electrons. The average Bonchev–Trinajstić information content (AvgIpc) is 2.55. The van der Waals surface area contributed by atoms with Gasteiger partial charge in [-0.3, -0.25) is 0 Å². The SMILES string of the molecule is CS(=O)(=O)c1c(C(=O)O)oc2cc(N)ccc12. The van der Waals surface area contributed by atoms with Gasteiger partial charge in [0.15, 0.2) is 9.84 Å². The van der Waals surface area contributed by atoms with E-state index < -0.39 is 21.6 Å². The first-order chi connectivity index (χ1) is 7.80. The van der Waals surface area contributed by atoms with Crippen molar-refractivity contribution in [3.63, 3.8) is 0 Å². The molecule has 0 spiro atoms. The Hall–Kier alpha value is -2.02. The van der Waals surface area contributed by atoms with E-state index in [1.165, 1.54) is 18.2 Å². The Balaban J connectivity index is 2.96. The Morgan fingerprint density at radius 2 is 2.06 bits per heavy atom. The summed E-state index contributed by atoms with van der Waals surface area (Å²) < 4.78 is 28.1. The number of benzene rings is 1. The zero-order valence-corrected chi connectivity index (χ0v) is 9.61. The molecule has 0 bridgehead atoms. The van der Waals surface area contributed by atoms with Gasteiger partial charge in [-0.1, -0.05) is 0 Å². The molecular weight excluding hydrogens is 246 g/mol. The second kappa shape index (κ2) is 3.49. The van der Waals surface area contributed by atoms with Crippen LogP contribution in [0.1, 0.15) is 10.6 Å². The normalized spacial score (nSPS) is 11.8. The molecule has 0 aliphatic rings. The van der Waals surface area contributed by atoms with Crippen molar-refractivity contribution in [1.82, 2.24) is 0 Å². The molecule has 1 aromatic carbocycles. The lowest BCUT2D eigenvalue weighted by Crippen LogP contribution is -2.04. The van der Waals surface area contributed by atoms with Crippen LogP contribution in [0.25, 0.3) is 11.0 Å². The van der Waals surface area contributed by atoms with Crippen molar-refractivity contribution in [2.45, 2.75) is 4.90 Å². The number of aromatic carboxylic acids is 1. The van der Waals surface area contributed by atoms with Gasteiger partial charge in [0.05, 0.1) is 0 Å². The largest absolute Gasteiger partial charge is 0.475 e. The van der Waals surface area contributed by atoms with Crippen molar-refractivity contribution in [2.24, 2.45) is 0 Å². The summed E-state index contributed by atoms with van der Waals surface area (Å²) in [6, 6.07) is 4.30. The van der Waals surface area contributed by atoms with Gasteiger partial charge in [0.1, 0.15) is 10.5 Å². The van der Waals surface area contributed by atoms with Gasteiger partial charge in [0, 0.05) is 23.4 Å². The van der Waals surface area contributed by atoms with Gasteiger partial charge in [0.25, 0.3) is 0 Å². The first kappa shape index (κ1) is 11.5. The fourth-order valence-corrected chi connectivity index (χ4v) is 2.63. The fourth-order valence-electron chi connectivity index (χ4n) is 1.60. The van der Waals surface area contributed by atoms with E-state index in [4.69, 9.17) is 15.3 Å². The van der Waals surface area contributed by atoms with E-state index in [1.54, 1.807) is 0 Å². The summed E-state index contributed by atoms with van der Waals surface area (Å²) in [5, 5.41) is 9.13. The Morgan fingerprint density at radius 3 is 2.59 bits per heavy atom. The third kappa shape index (κ3) is 1.84. The summed E-state index contributed by atoms with van der Waals surface area (Å²) in [6.45, 7) is 0. The second-order valence-electron chi connectivity index (χ2n) is 3.59. The zero-order chi connectivity index (χ0) is 12.8. The van der Waals surface area contributed by atoms with Crippen molar-refractivity contribution >= 4 is 32.5 Å². The Morgan fingerprint density at radius 1 is 1.41 bits per heavy atom. The molecule has 0 amide bonds. The first-order valence-electron chi connectivity index (χ1n) is 4.56. The fraction of sp³-hybridized carbons (Fsp3) is 0.100. The van der Waals surface area contributed by atoms with Crippen molar-refractivity contribution in [1.29, 1.82) is 0 Å². The lowest BCUT2D eigenvalue weighted by atomic mass is 10.2. The highest BCUT2D eigenvalue weighted by Gasteiger charge is 2.27. The molecule has 3 N–H and O–H groups in total. The van der Waals surface area contributed by atoms with Crippen LogP contribution in [0.5, 0.6) is 0 Å². The minimum Gasteiger partial charge on any atom is -0.475 e. The number of nitrogen functional groups attached to an aromatic ring is 1. The number of sulfone groups is 1. The molecule has 17 heavy (non-hydrogen) atoms. The predicted octanol–water partition coefficient (Wildman–Crippen LogP) is 1.12. The Bertz CT molecular complexity index is 714. The maximum Gasteiger partial charge on any atom is 0.373 e. The van der Waals surface area contributed by atoms with Crippen LogP contribution in [0.15, 0.2) is 27.5 Å². The van der Waals surface area contributed by atoms with Crippen molar-refractivity contribution in [3.05, 3.63) is 24.0 Å². The maximum absolute atomic E-state index is 11.6. The molecule has 6 nitrogen and oxygen atoms in total. The van der Waals surface area contributed by atoms with E-state index in [-0.39, 0.29) is 15.9 Å². The summed E-state index contributed by atoms with van der Waals surface area (Å²) in [5.41, 5.74) is 6.02. The molecule has 1 aromatic heterocycles. The summed E-state index contributed by atoms with van der Waals surface area (Å²) >= 11 is 0. The Labute approximate surface area is 96.6 Å². The van der Waals surface area contributed by atoms with Gasteiger partial charge in [-0.05, 0) is 12.1 Å². The monoisotopic (exact) mass is 255 g/mol. The highest BCUT2D eigenvalue weighted by Crippen LogP contribution is 2.31. The molecule has 2 aromatic rings. The van der Waals surface area contributed by atoms with E-state index >= 15 is 0 Å². The van der Waals surface area contributed by atoms with Gasteiger partial charge in [-0.25, -0.2) is 13.2 Å². The van der Waals surface area contributed by atoms with E-state index in [9.17, 15) is 13.2 Å². The average molecular weight is 255 g/mol. The Kier molecular flexibility index (Phi) is 2.35. The van der Waals surface area contributed by atoms with Crippen LogP contribution in [0.4, 0.5) is 5.69 Å².